The summed E-state index contributed by atoms with van der Waals surface area (Å²) >= 11 is 1.37. The standard InChI is InChI=1S/C21H22N4O3S/c1-3-28-17-10-19(23-12(2)26)24-16-7-6-14(8-15(16)17)9-18-20(27)25-21(29-18)22-11-13-4-5-13/h6-10,13H,3-5,11H2,1-2H3,(H,22,25,27)(H,23,24,26). The Morgan fingerprint density at radius 3 is 2.90 bits per heavy atom. The van der Waals surface area contributed by atoms with Gasteiger partial charge in [-0.15, -0.1) is 0 Å². The van der Waals surface area contributed by atoms with Gasteiger partial charge in [0, 0.05) is 24.9 Å². The number of thioether (sulfide) groups is 1. The molecule has 1 saturated carbocycles. The molecule has 2 aromatic rings. The van der Waals surface area contributed by atoms with Crippen LogP contribution in [0.25, 0.3) is 17.0 Å². The van der Waals surface area contributed by atoms with Crippen LogP contribution in [0, 0.1) is 5.92 Å². The molecule has 0 bridgehead atoms. The second-order valence-corrected chi connectivity index (χ2v) is 8.08. The lowest BCUT2D eigenvalue weighted by Crippen LogP contribution is -2.21. The molecule has 4 rings (SSSR count). The molecule has 2 aliphatic rings. The van der Waals surface area contributed by atoms with Gasteiger partial charge < -0.3 is 15.4 Å². The monoisotopic (exact) mass is 410 g/mol. The third kappa shape index (κ3) is 4.76. The molecule has 0 radical (unpaired) electrons. The fourth-order valence-corrected chi connectivity index (χ4v) is 3.83. The quantitative estimate of drug-likeness (QED) is 0.708. The summed E-state index contributed by atoms with van der Waals surface area (Å²) in [5.74, 6) is 1.38. The summed E-state index contributed by atoms with van der Waals surface area (Å²) in [4.78, 5) is 32.7. The number of anilines is 1. The number of ether oxygens (including phenoxy) is 1. The van der Waals surface area contributed by atoms with Crippen molar-refractivity contribution in [2.75, 3.05) is 18.5 Å². The molecule has 1 aromatic heterocycles. The zero-order valence-electron chi connectivity index (χ0n) is 16.3. The first kappa shape index (κ1) is 19.4. The number of carbonyl (C=O) groups excluding carboxylic acids is 2. The number of amidine groups is 1. The second-order valence-electron chi connectivity index (χ2n) is 7.05. The van der Waals surface area contributed by atoms with Crippen molar-refractivity contribution in [3.63, 3.8) is 0 Å². The van der Waals surface area contributed by atoms with Gasteiger partial charge in [-0.2, -0.15) is 4.99 Å². The molecule has 0 saturated heterocycles. The van der Waals surface area contributed by atoms with Gasteiger partial charge in [-0.25, -0.2) is 4.98 Å². The Balaban J connectivity index is 1.59. The van der Waals surface area contributed by atoms with Crippen LogP contribution in [0.2, 0.25) is 0 Å². The number of nitrogens with zero attached hydrogens (tertiary/aromatic N) is 2. The van der Waals surface area contributed by atoms with Crippen molar-refractivity contribution in [3.8, 4) is 5.75 Å². The Kier molecular flexibility index (Phi) is 5.53. The fourth-order valence-electron chi connectivity index (χ4n) is 3.01. The van der Waals surface area contributed by atoms with E-state index in [-0.39, 0.29) is 11.8 Å². The number of fused-ring (bicyclic) bond motifs is 1. The molecule has 2 heterocycles. The summed E-state index contributed by atoms with van der Waals surface area (Å²) in [6.07, 6.45) is 4.33. The maximum atomic E-state index is 12.2. The Morgan fingerprint density at radius 1 is 1.34 bits per heavy atom. The summed E-state index contributed by atoms with van der Waals surface area (Å²) in [7, 11) is 0. The van der Waals surface area contributed by atoms with Crippen molar-refractivity contribution in [3.05, 3.63) is 34.7 Å². The summed E-state index contributed by atoms with van der Waals surface area (Å²) < 4.78 is 5.75. The molecule has 7 nitrogen and oxygen atoms in total. The van der Waals surface area contributed by atoms with Crippen LogP contribution in [0.5, 0.6) is 5.75 Å². The first-order chi connectivity index (χ1) is 14.0. The summed E-state index contributed by atoms with van der Waals surface area (Å²) in [6, 6.07) is 7.38. The molecule has 0 unspecified atom stereocenters. The van der Waals surface area contributed by atoms with Gasteiger partial charge >= 0.3 is 0 Å². The molecule has 1 aliphatic heterocycles. The number of hydrogen-bond donors (Lipinski definition) is 2. The van der Waals surface area contributed by atoms with E-state index in [1.807, 2.05) is 31.2 Å². The zero-order valence-corrected chi connectivity index (χ0v) is 17.1. The first-order valence-corrected chi connectivity index (χ1v) is 10.4. The molecule has 8 heteroatoms. The van der Waals surface area contributed by atoms with Crippen molar-refractivity contribution < 1.29 is 14.3 Å². The van der Waals surface area contributed by atoms with Gasteiger partial charge in [0.2, 0.25) is 5.91 Å². The van der Waals surface area contributed by atoms with Crippen molar-refractivity contribution in [1.29, 1.82) is 0 Å². The lowest BCUT2D eigenvalue weighted by atomic mass is 10.1. The normalized spacial score (nSPS) is 17.5. The second kappa shape index (κ2) is 8.24. The van der Waals surface area contributed by atoms with Gasteiger partial charge in [-0.3, -0.25) is 9.59 Å². The number of carbonyl (C=O) groups is 2. The molecule has 2 amide bonds. The van der Waals surface area contributed by atoms with E-state index >= 15 is 0 Å². The third-order valence-corrected chi connectivity index (χ3v) is 5.50. The lowest BCUT2D eigenvalue weighted by molar-refractivity contribution is -0.114. The molecule has 29 heavy (non-hydrogen) atoms. The number of amides is 2. The van der Waals surface area contributed by atoms with Gasteiger partial charge in [0.25, 0.3) is 5.91 Å². The van der Waals surface area contributed by atoms with Crippen molar-refractivity contribution >= 4 is 51.5 Å². The smallest absolute Gasteiger partial charge is 0.286 e. The van der Waals surface area contributed by atoms with E-state index < -0.39 is 0 Å². The van der Waals surface area contributed by atoms with E-state index in [0.717, 1.165) is 17.5 Å². The maximum absolute atomic E-state index is 12.2. The van der Waals surface area contributed by atoms with Crippen LogP contribution in [0.1, 0.15) is 32.3 Å². The van der Waals surface area contributed by atoms with E-state index in [2.05, 4.69) is 20.6 Å². The van der Waals surface area contributed by atoms with Crippen LogP contribution in [-0.4, -0.2) is 35.1 Å². The number of nitrogens with one attached hydrogen (secondary N) is 2. The first-order valence-electron chi connectivity index (χ1n) is 9.63. The van der Waals surface area contributed by atoms with Crippen molar-refractivity contribution in [1.82, 2.24) is 10.3 Å². The van der Waals surface area contributed by atoms with Crippen LogP contribution in [-0.2, 0) is 9.59 Å². The Morgan fingerprint density at radius 2 is 2.17 bits per heavy atom. The number of hydrogen-bond acceptors (Lipinski definition) is 6. The molecule has 1 aliphatic carbocycles. The molecule has 2 N–H and O–H groups in total. The predicted molar refractivity (Wildman–Crippen MR) is 116 cm³/mol. The summed E-state index contributed by atoms with van der Waals surface area (Å²) in [6.45, 7) is 4.70. The fraction of sp³-hybridized carbons (Fsp3) is 0.333. The summed E-state index contributed by atoms with van der Waals surface area (Å²) in [5.41, 5.74) is 1.57. The van der Waals surface area contributed by atoms with Gasteiger partial charge in [0.05, 0.1) is 17.0 Å². The van der Waals surface area contributed by atoms with E-state index in [4.69, 9.17) is 4.74 Å². The predicted octanol–water partition coefficient (Wildman–Crippen LogP) is 3.56. The molecule has 0 atom stereocenters. The average molecular weight is 410 g/mol. The lowest BCUT2D eigenvalue weighted by Gasteiger charge is -2.11. The highest BCUT2D eigenvalue weighted by atomic mass is 32.2. The van der Waals surface area contributed by atoms with E-state index in [9.17, 15) is 9.59 Å². The highest BCUT2D eigenvalue weighted by Crippen LogP contribution is 2.33. The van der Waals surface area contributed by atoms with E-state index in [1.165, 1.54) is 31.5 Å². The van der Waals surface area contributed by atoms with Gasteiger partial charge in [0.15, 0.2) is 5.17 Å². The molecule has 0 spiro atoms. The Bertz CT molecular complexity index is 1040. The van der Waals surface area contributed by atoms with Gasteiger partial charge in [-0.05, 0) is 61.2 Å². The van der Waals surface area contributed by atoms with Crippen molar-refractivity contribution in [2.24, 2.45) is 10.9 Å². The molecule has 1 aromatic carbocycles. The van der Waals surface area contributed by atoms with Crippen LogP contribution in [0.4, 0.5) is 5.82 Å². The summed E-state index contributed by atoms with van der Waals surface area (Å²) in [5, 5.41) is 7.44. The minimum absolute atomic E-state index is 0.191. The minimum atomic E-state index is -0.224. The number of pyridine rings is 1. The molecule has 150 valence electrons. The Hall–Kier alpha value is -2.87. The molecular weight excluding hydrogens is 388 g/mol. The Labute approximate surface area is 173 Å². The molecule has 1 fully saturated rings. The minimum Gasteiger partial charge on any atom is -0.493 e. The average Bonchev–Trinajstić information content (AvgIpc) is 3.44. The van der Waals surface area contributed by atoms with Crippen LogP contribution in [0.3, 0.4) is 0 Å². The number of benzene rings is 1. The third-order valence-electron chi connectivity index (χ3n) is 4.56. The topological polar surface area (TPSA) is 92.7 Å². The highest BCUT2D eigenvalue weighted by molar-refractivity contribution is 8.18. The van der Waals surface area contributed by atoms with Crippen molar-refractivity contribution in [2.45, 2.75) is 26.7 Å². The number of aromatic nitrogens is 1. The largest absolute Gasteiger partial charge is 0.493 e. The van der Waals surface area contributed by atoms with E-state index in [1.54, 1.807) is 6.07 Å². The van der Waals surface area contributed by atoms with Crippen LogP contribution in [0.15, 0.2) is 34.2 Å². The SMILES string of the molecule is CCOc1cc(NC(C)=O)nc2ccc(C=C3SC(NCC4CC4)=NC3=O)cc12. The molecular formula is C21H22N4O3S. The van der Waals surface area contributed by atoms with Gasteiger partial charge in [-0.1, -0.05) is 6.07 Å². The number of rotatable bonds is 6. The highest BCUT2D eigenvalue weighted by Gasteiger charge is 2.25. The zero-order chi connectivity index (χ0) is 20.4. The number of aliphatic imine (C=N–C) groups is 1. The van der Waals surface area contributed by atoms with E-state index in [0.29, 0.717) is 39.7 Å². The van der Waals surface area contributed by atoms with Crippen LogP contribution >= 0.6 is 11.8 Å². The maximum Gasteiger partial charge on any atom is 0.286 e. The van der Waals surface area contributed by atoms with Gasteiger partial charge in [0.1, 0.15) is 11.6 Å². The van der Waals surface area contributed by atoms with Crippen LogP contribution < -0.4 is 15.4 Å².